The average molecular weight is 1020 g/mol. The van der Waals surface area contributed by atoms with E-state index >= 15 is 0 Å². The summed E-state index contributed by atoms with van der Waals surface area (Å²) in [6, 6.07) is 73.5. The minimum absolute atomic E-state index is 1.41. The average Bonchev–Trinajstić information content (AvgIpc) is 3.20. The van der Waals surface area contributed by atoms with Crippen molar-refractivity contribution >= 4 is 93.4 Å². The van der Waals surface area contributed by atoms with Gasteiger partial charge in [-0.25, -0.2) is 0 Å². The molecule has 6 heteroatoms. The molecule has 0 bridgehead atoms. The van der Waals surface area contributed by atoms with Crippen molar-refractivity contribution in [2.45, 2.75) is 48.9 Å². The predicted octanol–water partition coefficient (Wildman–Crippen LogP) is 6.14. The van der Waals surface area contributed by atoms with Crippen molar-refractivity contribution in [2.24, 2.45) is 0 Å². The van der Waals surface area contributed by atoms with Gasteiger partial charge in [0.25, 0.3) is 0 Å². The van der Waals surface area contributed by atoms with E-state index in [1.54, 1.807) is 17.4 Å². The number of rotatable bonds is 6. The fraction of sp³-hybridized carbons (Fsp3) is 0.182. The Morgan fingerprint density at radius 1 is 0.220 bits per heavy atom. The molecule has 0 amide bonds. The molecule has 1 heterocycles. The van der Waals surface area contributed by atoms with Gasteiger partial charge < -0.3 is 0 Å². The van der Waals surface area contributed by atoms with Gasteiger partial charge in [-0.15, -0.1) is 0 Å². The summed E-state index contributed by atoms with van der Waals surface area (Å²) in [5.41, 5.74) is 0. The van der Waals surface area contributed by atoms with Crippen LogP contribution in [0, 0.1) is 0 Å². The van der Waals surface area contributed by atoms with E-state index in [0.29, 0.717) is 0 Å². The van der Waals surface area contributed by atoms with Crippen molar-refractivity contribution in [1.29, 1.82) is 0 Å². The van der Waals surface area contributed by atoms with Gasteiger partial charge in [-0.3, -0.25) is 0 Å². The standard InChI is InChI=1S/C44H46As6/c1-2-4-24-38-46(40-27-13-6-14-28-40)48(42-31-17-8-18-32-42)50(44-35-21-10-22-36-44)49(43-33-19-9-20-34-43)47(41-29-15-7-16-30-41)45(37-23-3-1)39-25-11-5-12-26-39/h5-22,25-36H,1-4,23-24,37-38H2. The Kier molecular flexibility index (Phi) is 14.6. The normalized spacial score (nSPS) is 23.8. The van der Waals surface area contributed by atoms with Crippen molar-refractivity contribution in [2.75, 3.05) is 0 Å². The van der Waals surface area contributed by atoms with E-state index in [2.05, 4.69) is 182 Å². The summed E-state index contributed by atoms with van der Waals surface area (Å²) in [6.07, 6.45) is 8.49. The van der Waals surface area contributed by atoms with Gasteiger partial charge in [0.15, 0.2) is 0 Å². The molecule has 0 saturated carbocycles. The van der Waals surface area contributed by atoms with Crippen molar-refractivity contribution in [3.63, 3.8) is 0 Å². The van der Waals surface area contributed by atoms with Crippen molar-refractivity contribution in [3.8, 4) is 0 Å². The molecule has 6 unspecified atom stereocenters. The number of benzene rings is 6. The molecular formula is C44H46As6. The molecular weight excluding hydrogens is 978 g/mol. The zero-order valence-electron chi connectivity index (χ0n) is 28.7. The van der Waals surface area contributed by atoms with Gasteiger partial charge >= 0.3 is 324 Å². The molecule has 0 radical (unpaired) electrons. The zero-order chi connectivity index (χ0) is 33.8. The Hall–Kier alpha value is -1.33. The molecule has 1 aliphatic rings. The maximum atomic E-state index is 2.63. The molecule has 50 heavy (non-hydrogen) atoms. The Balaban J connectivity index is 1.55. The van der Waals surface area contributed by atoms with Crippen LogP contribution in [0.15, 0.2) is 182 Å². The minimum atomic E-state index is -1.62. The Bertz CT molecular complexity index is 1690. The van der Waals surface area contributed by atoms with Gasteiger partial charge in [0.1, 0.15) is 0 Å². The summed E-state index contributed by atoms with van der Waals surface area (Å²) in [5.74, 6) is 0. The van der Waals surface area contributed by atoms with Crippen LogP contribution < -0.4 is 26.1 Å². The second-order valence-corrected chi connectivity index (χ2v) is 105. The first kappa shape index (κ1) is 37.0. The molecule has 0 spiro atoms. The van der Waals surface area contributed by atoms with Crippen LogP contribution in [-0.2, 0) is 0 Å². The summed E-state index contributed by atoms with van der Waals surface area (Å²) in [4.78, 5) is 0. The number of hydrogen-bond acceptors (Lipinski definition) is 0. The Morgan fingerprint density at radius 3 is 0.720 bits per heavy atom. The monoisotopic (exact) mass is 1020 g/mol. The van der Waals surface area contributed by atoms with Gasteiger partial charge in [0.05, 0.1) is 0 Å². The second-order valence-electron chi connectivity index (χ2n) is 12.5. The third-order valence-corrected chi connectivity index (χ3v) is 217. The van der Waals surface area contributed by atoms with Crippen LogP contribution >= 0.6 is 0 Å². The van der Waals surface area contributed by atoms with Crippen LogP contribution in [0.5, 0.6) is 0 Å². The molecule has 0 nitrogen and oxygen atoms in total. The molecule has 252 valence electrons. The van der Waals surface area contributed by atoms with Crippen LogP contribution in [0.1, 0.15) is 38.5 Å². The summed E-state index contributed by atoms with van der Waals surface area (Å²) in [5, 5.41) is 2.97. The molecule has 0 N–H and O–H groups in total. The molecule has 6 aromatic carbocycles. The van der Waals surface area contributed by atoms with E-state index < -0.39 is 67.2 Å². The molecule has 6 aromatic rings. The first-order valence-electron chi connectivity index (χ1n) is 17.9. The van der Waals surface area contributed by atoms with Crippen LogP contribution in [0.25, 0.3) is 0 Å². The van der Waals surface area contributed by atoms with Gasteiger partial charge in [-0.2, -0.15) is 0 Å². The quantitative estimate of drug-likeness (QED) is 0.176. The van der Waals surface area contributed by atoms with E-state index in [-0.39, 0.29) is 0 Å². The molecule has 0 aromatic heterocycles. The summed E-state index contributed by atoms with van der Waals surface area (Å²) in [6.45, 7) is 0. The third-order valence-electron chi connectivity index (χ3n) is 9.04. The van der Waals surface area contributed by atoms with Crippen molar-refractivity contribution in [3.05, 3.63) is 182 Å². The van der Waals surface area contributed by atoms with E-state index in [1.807, 2.05) is 8.70 Å². The van der Waals surface area contributed by atoms with Gasteiger partial charge in [-0.05, 0) is 0 Å². The second kappa shape index (κ2) is 19.7. The Labute approximate surface area is 320 Å². The fourth-order valence-corrected chi connectivity index (χ4v) is 411. The molecule has 7 rings (SSSR count). The molecule has 1 aliphatic heterocycles. The molecule has 1 fully saturated rings. The van der Waals surface area contributed by atoms with E-state index in [4.69, 9.17) is 0 Å². The van der Waals surface area contributed by atoms with Crippen LogP contribution in [0.4, 0.5) is 0 Å². The third kappa shape index (κ3) is 9.42. The SMILES string of the molecule is c1ccc([As]2CCCCCCCC[As](c3ccccc3)[As](c3ccccc3)[As](c3ccccc3)[As](c3ccccc3)[As]2c2ccccc2)cc1. The fourth-order valence-electron chi connectivity index (χ4n) is 6.64. The first-order valence-corrected chi connectivity index (χ1v) is 52.2. The first-order chi connectivity index (χ1) is 24.9. The van der Waals surface area contributed by atoms with E-state index in [1.165, 1.54) is 48.9 Å². The van der Waals surface area contributed by atoms with Crippen molar-refractivity contribution in [1.82, 2.24) is 0 Å². The molecule has 0 aliphatic carbocycles. The van der Waals surface area contributed by atoms with Crippen LogP contribution in [0.3, 0.4) is 0 Å². The van der Waals surface area contributed by atoms with Gasteiger partial charge in [-0.1, -0.05) is 0 Å². The van der Waals surface area contributed by atoms with Gasteiger partial charge in [0, 0.05) is 0 Å². The predicted molar refractivity (Wildman–Crippen MR) is 228 cm³/mol. The topological polar surface area (TPSA) is 0 Å². The summed E-state index contributed by atoms with van der Waals surface area (Å²) >= 11 is -2.86. The summed E-state index contributed by atoms with van der Waals surface area (Å²) < 4.78 is 10.8. The van der Waals surface area contributed by atoms with Crippen LogP contribution in [-0.4, -0.2) is 67.2 Å². The summed E-state index contributed by atoms with van der Waals surface area (Å²) in [7, 11) is -6.35. The maximum absolute atomic E-state index is 2.63. The van der Waals surface area contributed by atoms with Crippen molar-refractivity contribution < 1.29 is 0 Å². The Morgan fingerprint density at radius 2 is 0.440 bits per heavy atom. The van der Waals surface area contributed by atoms with Crippen LogP contribution in [0.2, 0.25) is 10.4 Å². The zero-order valence-corrected chi connectivity index (χ0v) is 39.9. The van der Waals surface area contributed by atoms with E-state index in [0.717, 1.165) is 0 Å². The van der Waals surface area contributed by atoms with Gasteiger partial charge in [0.2, 0.25) is 0 Å². The molecule has 6 atom stereocenters. The number of hydrogen-bond donors (Lipinski definition) is 0. The van der Waals surface area contributed by atoms with E-state index in [9.17, 15) is 0 Å². The molecule has 1 saturated heterocycles.